The van der Waals surface area contributed by atoms with Gasteiger partial charge < -0.3 is 20.8 Å². The van der Waals surface area contributed by atoms with Crippen LogP contribution in [0.4, 0.5) is 0 Å². The fourth-order valence-electron chi connectivity index (χ4n) is 11.8. The lowest BCUT2D eigenvalue weighted by molar-refractivity contribution is -0.150. The van der Waals surface area contributed by atoms with Crippen molar-refractivity contribution in [3.05, 3.63) is 0 Å². The van der Waals surface area contributed by atoms with Crippen LogP contribution in [-0.2, 0) is 19.2 Å². The van der Waals surface area contributed by atoms with E-state index in [0.29, 0.717) is 61.2 Å². The van der Waals surface area contributed by atoms with Crippen molar-refractivity contribution in [3.8, 4) is 0 Å². The molecule has 6 aliphatic rings. The Bertz CT molecular complexity index is 1030. The van der Waals surface area contributed by atoms with Crippen molar-refractivity contribution in [1.82, 2.24) is 10.6 Å². The Labute approximate surface area is 295 Å². The van der Waals surface area contributed by atoms with Gasteiger partial charge in [-0.05, 0) is 132 Å². The average Bonchev–Trinajstić information content (AvgIpc) is 3.13. The van der Waals surface area contributed by atoms with Crippen LogP contribution in [0.1, 0.15) is 161 Å². The van der Waals surface area contributed by atoms with Crippen molar-refractivity contribution < 1.29 is 29.4 Å². The van der Waals surface area contributed by atoms with Gasteiger partial charge in [-0.15, -0.1) is 0 Å². The van der Waals surface area contributed by atoms with Gasteiger partial charge >= 0.3 is 11.9 Å². The quantitative estimate of drug-likeness (QED) is 0.184. The summed E-state index contributed by atoms with van der Waals surface area (Å²) in [5, 5.41) is 26.7. The second kappa shape index (κ2) is 17.4. The van der Waals surface area contributed by atoms with Gasteiger partial charge in [0.2, 0.25) is 11.8 Å². The Morgan fingerprint density at radius 1 is 0.408 bits per heavy atom. The van der Waals surface area contributed by atoms with Crippen molar-refractivity contribution in [2.75, 3.05) is 0 Å². The van der Waals surface area contributed by atoms with Crippen LogP contribution in [0.3, 0.4) is 0 Å². The molecule has 6 aliphatic carbocycles. The first-order valence-electron chi connectivity index (χ1n) is 20.8. The van der Waals surface area contributed by atoms with Crippen LogP contribution in [0.5, 0.6) is 0 Å². The van der Waals surface area contributed by atoms with E-state index < -0.39 is 35.6 Å². The molecular weight excluding hydrogens is 616 g/mol. The maximum Gasteiger partial charge on any atom is 0.307 e. The number of carboxylic acids is 2. The topological polar surface area (TPSA) is 133 Å². The predicted octanol–water partition coefficient (Wildman–Crippen LogP) is 8.12. The summed E-state index contributed by atoms with van der Waals surface area (Å²) in [5.41, 5.74) is 0. The van der Waals surface area contributed by atoms with Crippen LogP contribution in [0.25, 0.3) is 0 Å². The zero-order valence-corrected chi connectivity index (χ0v) is 30.1. The molecule has 6 atom stereocenters. The molecule has 6 saturated carbocycles. The number of hydrogen-bond acceptors (Lipinski definition) is 4. The zero-order valence-electron chi connectivity index (χ0n) is 30.1. The van der Waals surface area contributed by atoms with E-state index in [4.69, 9.17) is 0 Å². The summed E-state index contributed by atoms with van der Waals surface area (Å²) in [5.74, 6) is 0.0557. The molecule has 49 heavy (non-hydrogen) atoms. The Balaban J connectivity index is 0.884. The number of aliphatic carboxylic acids is 2. The van der Waals surface area contributed by atoms with Gasteiger partial charge in [0.25, 0.3) is 0 Å². The number of amides is 2. The molecule has 8 nitrogen and oxygen atoms in total. The molecule has 0 heterocycles. The van der Waals surface area contributed by atoms with Crippen molar-refractivity contribution in [3.63, 3.8) is 0 Å². The molecular formula is C41H66N2O6. The van der Waals surface area contributed by atoms with E-state index in [1.165, 1.54) is 70.6 Å². The van der Waals surface area contributed by atoms with Gasteiger partial charge in [-0.3, -0.25) is 19.2 Å². The summed E-state index contributed by atoms with van der Waals surface area (Å²) in [4.78, 5) is 51.2. The van der Waals surface area contributed by atoms with Crippen molar-refractivity contribution >= 4 is 23.8 Å². The van der Waals surface area contributed by atoms with E-state index in [2.05, 4.69) is 10.6 Å². The summed E-state index contributed by atoms with van der Waals surface area (Å²) in [6.45, 7) is 0. The SMILES string of the molecule is O=C(O)C1CC(C2CCCCC2)CCC1C(=O)NC1CCC(CC2CCC(NC(=O)C3CCC(C4CCCCC4)CC3C(=O)O)CC2)CC1. The summed E-state index contributed by atoms with van der Waals surface area (Å²) >= 11 is 0. The van der Waals surface area contributed by atoms with Crippen LogP contribution in [-0.4, -0.2) is 46.0 Å². The van der Waals surface area contributed by atoms with E-state index in [1.54, 1.807) is 0 Å². The molecule has 276 valence electrons. The molecule has 4 N–H and O–H groups in total. The third kappa shape index (κ3) is 9.61. The van der Waals surface area contributed by atoms with Crippen LogP contribution < -0.4 is 10.6 Å². The molecule has 6 fully saturated rings. The first-order chi connectivity index (χ1) is 23.7. The third-order valence-electron chi connectivity index (χ3n) is 14.8. The lowest BCUT2D eigenvalue weighted by Crippen LogP contribution is -2.47. The fourth-order valence-corrected chi connectivity index (χ4v) is 11.8. The van der Waals surface area contributed by atoms with Gasteiger partial charge in [0.15, 0.2) is 0 Å². The maximum atomic E-state index is 13.4. The first-order valence-corrected chi connectivity index (χ1v) is 20.8. The molecule has 0 aromatic heterocycles. The molecule has 6 unspecified atom stereocenters. The summed E-state index contributed by atoms with van der Waals surface area (Å²) < 4.78 is 0. The second-order valence-corrected chi connectivity index (χ2v) is 17.7. The number of rotatable bonds is 10. The van der Waals surface area contributed by atoms with Crippen LogP contribution in [0.15, 0.2) is 0 Å². The largest absolute Gasteiger partial charge is 0.481 e. The van der Waals surface area contributed by atoms with Crippen molar-refractivity contribution in [1.29, 1.82) is 0 Å². The Morgan fingerprint density at radius 2 is 0.776 bits per heavy atom. The van der Waals surface area contributed by atoms with Crippen molar-refractivity contribution in [2.24, 2.45) is 59.2 Å². The third-order valence-corrected chi connectivity index (χ3v) is 14.8. The molecule has 0 bridgehead atoms. The number of carbonyl (C=O) groups excluding carboxylic acids is 2. The number of hydrogen-bond donors (Lipinski definition) is 4. The summed E-state index contributed by atoms with van der Waals surface area (Å²) in [6, 6.07) is 0.320. The molecule has 8 heteroatoms. The minimum atomic E-state index is -0.792. The smallest absolute Gasteiger partial charge is 0.307 e. The highest BCUT2D eigenvalue weighted by Gasteiger charge is 2.44. The van der Waals surface area contributed by atoms with Crippen LogP contribution >= 0.6 is 0 Å². The standard InChI is InChI=1S/C41H66N2O6/c44-38(34-21-15-30(24-36(34)40(46)47)28-7-3-1-4-8-28)42-32-17-11-26(12-18-32)23-27-13-19-33(20-14-27)43-39(45)35-22-16-31(25-37(35)41(48)49)29-9-5-2-6-10-29/h26-37H,1-25H2,(H,42,44)(H,43,45)(H,46,47)(H,48,49). The lowest BCUT2D eigenvalue weighted by Gasteiger charge is -2.40. The Kier molecular flexibility index (Phi) is 13.0. The van der Waals surface area contributed by atoms with Gasteiger partial charge in [-0.1, -0.05) is 64.2 Å². The van der Waals surface area contributed by atoms with Gasteiger partial charge in [0.05, 0.1) is 23.7 Å². The molecule has 0 spiro atoms. The van der Waals surface area contributed by atoms with Gasteiger partial charge in [0.1, 0.15) is 0 Å². The predicted molar refractivity (Wildman–Crippen MR) is 189 cm³/mol. The lowest BCUT2D eigenvalue weighted by atomic mass is 9.66. The van der Waals surface area contributed by atoms with Crippen molar-refractivity contribution in [2.45, 2.75) is 173 Å². The highest BCUT2D eigenvalue weighted by molar-refractivity contribution is 5.85. The van der Waals surface area contributed by atoms with Crippen LogP contribution in [0.2, 0.25) is 0 Å². The second-order valence-electron chi connectivity index (χ2n) is 17.7. The highest BCUT2D eigenvalue weighted by atomic mass is 16.4. The van der Waals surface area contributed by atoms with Crippen LogP contribution in [0, 0.1) is 59.2 Å². The van der Waals surface area contributed by atoms with E-state index >= 15 is 0 Å². The molecule has 0 aromatic rings. The molecule has 2 amide bonds. The molecule has 0 saturated heterocycles. The van der Waals surface area contributed by atoms with Gasteiger partial charge in [0, 0.05) is 12.1 Å². The Morgan fingerprint density at radius 3 is 1.12 bits per heavy atom. The highest BCUT2D eigenvalue weighted by Crippen LogP contribution is 2.45. The molecule has 0 aliphatic heterocycles. The van der Waals surface area contributed by atoms with E-state index in [-0.39, 0.29) is 23.9 Å². The van der Waals surface area contributed by atoms with E-state index in [9.17, 15) is 29.4 Å². The molecule has 6 rings (SSSR count). The Hall–Kier alpha value is -2.12. The van der Waals surface area contributed by atoms with E-state index in [0.717, 1.165) is 64.2 Å². The molecule has 0 radical (unpaired) electrons. The van der Waals surface area contributed by atoms with E-state index in [1.807, 2.05) is 0 Å². The number of nitrogens with one attached hydrogen (secondary N) is 2. The number of carboxylic acid groups (broad SMARTS) is 2. The summed E-state index contributed by atoms with van der Waals surface area (Å²) in [6.07, 6.45) is 26.9. The molecule has 0 aromatic carbocycles. The normalized spacial score (nSPS) is 38.3. The minimum Gasteiger partial charge on any atom is -0.481 e. The zero-order chi connectivity index (χ0) is 34.3. The minimum absolute atomic E-state index is 0.0229. The van der Waals surface area contributed by atoms with Gasteiger partial charge in [-0.2, -0.15) is 0 Å². The monoisotopic (exact) mass is 682 g/mol. The first kappa shape index (κ1) is 36.7. The number of carbonyl (C=O) groups is 4. The average molecular weight is 683 g/mol. The maximum absolute atomic E-state index is 13.4. The summed E-state index contributed by atoms with van der Waals surface area (Å²) in [7, 11) is 0. The fraction of sp³-hybridized carbons (Fsp3) is 0.902. The van der Waals surface area contributed by atoms with Gasteiger partial charge in [-0.25, -0.2) is 0 Å².